The lowest BCUT2D eigenvalue weighted by atomic mass is 10.3. The topological polar surface area (TPSA) is 47.7 Å². The van der Waals surface area contributed by atoms with E-state index in [0.717, 1.165) is 26.3 Å². The van der Waals surface area contributed by atoms with Crippen molar-refractivity contribution in [2.75, 3.05) is 47.1 Å². The largest absolute Gasteiger partial charge is 0.383 e. The van der Waals surface area contributed by atoms with Crippen LogP contribution in [0.4, 0.5) is 0 Å². The van der Waals surface area contributed by atoms with E-state index in [4.69, 9.17) is 15.2 Å². The molecule has 0 aliphatic rings. The molecule has 13 heavy (non-hydrogen) atoms. The molecule has 0 radical (unpaired) electrons. The Balaban J connectivity index is 3.72. The number of methoxy groups -OCH3 is 2. The van der Waals surface area contributed by atoms with Crippen LogP contribution in [0.1, 0.15) is 6.92 Å². The maximum absolute atomic E-state index is 5.59. The third-order valence-corrected chi connectivity index (χ3v) is 2.13. The number of hydrogen-bond acceptors (Lipinski definition) is 4. The molecule has 0 aromatic carbocycles. The van der Waals surface area contributed by atoms with Gasteiger partial charge in [0.05, 0.1) is 13.2 Å². The smallest absolute Gasteiger partial charge is 0.0589 e. The van der Waals surface area contributed by atoms with Crippen LogP contribution in [-0.4, -0.2) is 58.0 Å². The van der Waals surface area contributed by atoms with E-state index >= 15 is 0 Å². The molecule has 0 unspecified atom stereocenters. The van der Waals surface area contributed by atoms with Crippen molar-refractivity contribution in [2.45, 2.75) is 13.0 Å². The minimum absolute atomic E-state index is 0.394. The molecule has 0 spiro atoms. The summed E-state index contributed by atoms with van der Waals surface area (Å²) < 4.78 is 10.0. The third kappa shape index (κ3) is 5.99. The lowest BCUT2D eigenvalue weighted by molar-refractivity contribution is 0.0941. The van der Waals surface area contributed by atoms with E-state index in [-0.39, 0.29) is 0 Å². The molecule has 0 aromatic heterocycles. The predicted molar refractivity (Wildman–Crippen MR) is 53.8 cm³/mol. The normalized spacial score (nSPS) is 13.6. The Morgan fingerprint density at radius 1 is 1.15 bits per heavy atom. The Morgan fingerprint density at radius 3 is 1.92 bits per heavy atom. The molecule has 0 heterocycles. The van der Waals surface area contributed by atoms with Gasteiger partial charge in [0, 0.05) is 39.9 Å². The first-order valence-corrected chi connectivity index (χ1v) is 4.68. The molecule has 0 saturated heterocycles. The van der Waals surface area contributed by atoms with Gasteiger partial charge in [0.25, 0.3) is 0 Å². The SMILES string of the molecule is COCCN(CCOC)[C@H](C)CN. The zero-order valence-electron chi connectivity index (χ0n) is 8.95. The Labute approximate surface area is 81.0 Å². The molecule has 0 rings (SSSR count). The Morgan fingerprint density at radius 2 is 1.62 bits per heavy atom. The maximum Gasteiger partial charge on any atom is 0.0589 e. The van der Waals surface area contributed by atoms with Gasteiger partial charge in [-0.05, 0) is 6.92 Å². The van der Waals surface area contributed by atoms with Crippen LogP contribution in [0.15, 0.2) is 0 Å². The van der Waals surface area contributed by atoms with Crippen molar-refractivity contribution < 1.29 is 9.47 Å². The molecule has 0 aliphatic heterocycles. The second-order valence-corrected chi connectivity index (χ2v) is 3.11. The number of nitrogens with two attached hydrogens (primary N) is 1. The summed E-state index contributed by atoms with van der Waals surface area (Å²) >= 11 is 0. The fourth-order valence-corrected chi connectivity index (χ4v) is 1.12. The van der Waals surface area contributed by atoms with E-state index in [1.165, 1.54) is 0 Å². The minimum Gasteiger partial charge on any atom is -0.383 e. The molecule has 0 aliphatic carbocycles. The molecule has 80 valence electrons. The highest BCUT2D eigenvalue weighted by Gasteiger charge is 2.10. The van der Waals surface area contributed by atoms with E-state index in [1.54, 1.807) is 14.2 Å². The molecule has 1 atom stereocenters. The monoisotopic (exact) mass is 190 g/mol. The average Bonchev–Trinajstić information content (AvgIpc) is 2.17. The number of ether oxygens (including phenoxy) is 2. The summed E-state index contributed by atoms with van der Waals surface area (Å²) in [5, 5.41) is 0. The standard InChI is InChI=1S/C9H22N2O2/c1-9(8-10)11(4-6-12-2)5-7-13-3/h9H,4-8,10H2,1-3H3/t9-/m1/s1. The third-order valence-electron chi connectivity index (χ3n) is 2.13. The number of rotatable bonds is 8. The first-order valence-electron chi connectivity index (χ1n) is 4.68. The summed E-state index contributed by atoms with van der Waals surface area (Å²) in [4.78, 5) is 2.27. The van der Waals surface area contributed by atoms with Gasteiger partial charge in [0.1, 0.15) is 0 Å². The summed E-state index contributed by atoms with van der Waals surface area (Å²) in [5.74, 6) is 0. The molecule has 4 heteroatoms. The van der Waals surface area contributed by atoms with E-state index in [1.807, 2.05) is 0 Å². The second-order valence-electron chi connectivity index (χ2n) is 3.11. The summed E-state index contributed by atoms with van der Waals surface area (Å²) in [6, 6.07) is 0.394. The average molecular weight is 190 g/mol. The maximum atomic E-state index is 5.59. The van der Waals surface area contributed by atoms with Gasteiger partial charge < -0.3 is 15.2 Å². The lowest BCUT2D eigenvalue weighted by Crippen LogP contribution is -2.42. The van der Waals surface area contributed by atoms with Crippen molar-refractivity contribution in [1.29, 1.82) is 0 Å². The van der Waals surface area contributed by atoms with Crippen molar-refractivity contribution >= 4 is 0 Å². The van der Waals surface area contributed by atoms with E-state index in [9.17, 15) is 0 Å². The molecule has 0 saturated carbocycles. The zero-order chi connectivity index (χ0) is 10.1. The van der Waals surface area contributed by atoms with Crippen LogP contribution in [0.3, 0.4) is 0 Å². The quantitative estimate of drug-likeness (QED) is 0.582. The van der Waals surface area contributed by atoms with Gasteiger partial charge in [-0.15, -0.1) is 0 Å². The first kappa shape index (κ1) is 12.8. The van der Waals surface area contributed by atoms with Gasteiger partial charge >= 0.3 is 0 Å². The molecule has 4 nitrogen and oxygen atoms in total. The Bertz CT molecular complexity index is 104. The molecular formula is C9H22N2O2. The highest BCUT2D eigenvalue weighted by molar-refractivity contribution is 4.67. The van der Waals surface area contributed by atoms with Crippen LogP contribution in [-0.2, 0) is 9.47 Å². The predicted octanol–water partition coefficient (Wildman–Crippen LogP) is -0.0716. The molecule has 2 N–H and O–H groups in total. The van der Waals surface area contributed by atoms with E-state index in [0.29, 0.717) is 12.6 Å². The fraction of sp³-hybridized carbons (Fsp3) is 1.00. The van der Waals surface area contributed by atoms with Crippen LogP contribution in [0.2, 0.25) is 0 Å². The van der Waals surface area contributed by atoms with Crippen molar-refractivity contribution in [3.8, 4) is 0 Å². The van der Waals surface area contributed by atoms with Crippen molar-refractivity contribution in [3.63, 3.8) is 0 Å². The summed E-state index contributed by atoms with van der Waals surface area (Å²) in [6.45, 7) is 6.11. The summed E-state index contributed by atoms with van der Waals surface area (Å²) in [5.41, 5.74) is 5.59. The second kappa shape index (κ2) is 8.44. The zero-order valence-corrected chi connectivity index (χ0v) is 8.95. The lowest BCUT2D eigenvalue weighted by Gasteiger charge is -2.27. The van der Waals surface area contributed by atoms with Crippen LogP contribution < -0.4 is 5.73 Å². The molecular weight excluding hydrogens is 168 g/mol. The van der Waals surface area contributed by atoms with Gasteiger partial charge in [0.15, 0.2) is 0 Å². The molecule has 0 fully saturated rings. The van der Waals surface area contributed by atoms with Crippen molar-refractivity contribution in [3.05, 3.63) is 0 Å². The van der Waals surface area contributed by atoms with Crippen LogP contribution in [0.25, 0.3) is 0 Å². The van der Waals surface area contributed by atoms with Gasteiger partial charge in [-0.2, -0.15) is 0 Å². The van der Waals surface area contributed by atoms with E-state index < -0.39 is 0 Å². The van der Waals surface area contributed by atoms with Crippen LogP contribution in [0.5, 0.6) is 0 Å². The van der Waals surface area contributed by atoms with Crippen LogP contribution in [0, 0.1) is 0 Å². The number of hydrogen-bond donors (Lipinski definition) is 1. The van der Waals surface area contributed by atoms with Crippen molar-refractivity contribution in [1.82, 2.24) is 4.90 Å². The summed E-state index contributed by atoms with van der Waals surface area (Å²) in [6.07, 6.45) is 0. The van der Waals surface area contributed by atoms with Gasteiger partial charge in [0.2, 0.25) is 0 Å². The van der Waals surface area contributed by atoms with Gasteiger partial charge in [-0.3, -0.25) is 4.90 Å². The number of nitrogens with zero attached hydrogens (tertiary/aromatic N) is 1. The highest BCUT2D eigenvalue weighted by atomic mass is 16.5. The minimum atomic E-state index is 0.394. The Kier molecular flexibility index (Phi) is 8.33. The van der Waals surface area contributed by atoms with Gasteiger partial charge in [-0.1, -0.05) is 0 Å². The van der Waals surface area contributed by atoms with E-state index in [2.05, 4.69) is 11.8 Å². The summed E-state index contributed by atoms with van der Waals surface area (Å²) in [7, 11) is 3.42. The molecule has 0 aromatic rings. The molecule has 0 amide bonds. The first-order chi connectivity index (χ1) is 6.26. The van der Waals surface area contributed by atoms with Crippen molar-refractivity contribution in [2.24, 2.45) is 5.73 Å². The van der Waals surface area contributed by atoms with Gasteiger partial charge in [-0.25, -0.2) is 0 Å². The highest BCUT2D eigenvalue weighted by Crippen LogP contribution is 1.96. The Hall–Kier alpha value is -0.160. The fourth-order valence-electron chi connectivity index (χ4n) is 1.12. The van der Waals surface area contributed by atoms with Crippen LogP contribution >= 0.6 is 0 Å². The molecule has 0 bridgehead atoms.